The Kier molecular flexibility index (Phi) is 4.52. The molecule has 102 valence electrons. The minimum Gasteiger partial charge on any atom is -0.389 e. The van der Waals surface area contributed by atoms with Crippen LogP contribution in [0, 0.1) is 6.92 Å². The highest BCUT2D eigenvalue weighted by Crippen LogP contribution is 2.21. The van der Waals surface area contributed by atoms with Crippen molar-refractivity contribution in [2.45, 2.75) is 6.92 Å². The lowest BCUT2D eigenvalue weighted by Gasteiger charge is -2.11. The van der Waals surface area contributed by atoms with Gasteiger partial charge in [-0.15, -0.1) is 0 Å². The summed E-state index contributed by atoms with van der Waals surface area (Å²) < 4.78 is 0.751. The number of carbonyl (C=O) groups excluding carboxylic acids is 1. The second kappa shape index (κ2) is 6.15. The number of thiocarbonyl (C=S) groups is 1. The minimum atomic E-state index is -0.180. The summed E-state index contributed by atoms with van der Waals surface area (Å²) in [6.07, 6.45) is 0. The van der Waals surface area contributed by atoms with Gasteiger partial charge in [0.1, 0.15) is 4.99 Å². The molecule has 0 heterocycles. The first-order valence-electron chi connectivity index (χ1n) is 5.95. The maximum absolute atomic E-state index is 12.3. The largest absolute Gasteiger partial charge is 0.389 e. The number of benzene rings is 2. The van der Waals surface area contributed by atoms with Crippen LogP contribution in [0.25, 0.3) is 0 Å². The third-order valence-corrected chi connectivity index (χ3v) is 3.82. The van der Waals surface area contributed by atoms with Crippen molar-refractivity contribution in [1.29, 1.82) is 0 Å². The molecule has 0 atom stereocenters. The Bertz CT molecular complexity index is 685. The lowest BCUT2D eigenvalue weighted by molar-refractivity contribution is 0.102. The molecule has 20 heavy (non-hydrogen) atoms. The zero-order chi connectivity index (χ0) is 14.7. The number of nitrogens with two attached hydrogens (primary N) is 1. The molecule has 0 bridgehead atoms. The molecule has 0 aliphatic carbocycles. The predicted octanol–water partition coefficient (Wildman–Crippen LogP) is 3.64. The van der Waals surface area contributed by atoms with E-state index in [-0.39, 0.29) is 5.91 Å². The maximum Gasteiger partial charge on any atom is 0.256 e. The van der Waals surface area contributed by atoms with Gasteiger partial charge in [-0.25, -0.2) is 0 Å². The van der Waals surface area contributed by atoms with Crippen molar-refractivity contribution in [1.82, 2.24) is 0 Å². The molecule has 1 amide bonds. The van der Waals surface area contributed by atoms with Crippen LogP contribution < -0.4 is 11.1 Å². The summed E-state index contributed by atoms with van der Waals surface area (Å²) in [6, 6.07) is 12.8. The van der Waals surface area contributed by atoms with E-state index in [0.29, 0.717) is 16.2 Å². The molecule has 0 spiro atoms. The average molecular weight is 349 g/mol. The summed E-state index contributed by atoms with van der Waals surface area (Å²) >= 11 is 8.32. The third kappa shape index (κ3) is 3.23. The summed E-state index contributed by atoms with van der Waals surface area (Å²) in [6.45, 7) is 1.92. The highest BCUT2D eigenvalue weighted by molar-refractivity contribution is 9.10. The van der Waals surface area contributed by atoms with Crippen molar-refractivity contribution < 1.29 is 4.79 Å². The van der Waals surface area contributed by atoms with Gasteiger partial charge in [0, 0.05) is 15.7 Å². The van der Waals surface area contributed by atoms with Crippen molar-refractivity contribution in [2.24, 2.45) is 5.73 Å². The maximum atomic E-state index is 12.3. The van der Waals surface area contributed by atoms with Crippen molar-refractivity contribution in [2.75, 3.05) is 5.32 Å². The Morgan fingerprint density at radius 3 is 2.60 bits per heavy atom. The van der Waals surface area contributed by atoms with Crippen molar-refractivity contribution in [3.05, 3.63) is 63.6 Å². The quantitative estimate of drug-likeness (QED) is 0.832. The fourth-order valence-corrected chi connectivity index (χ4v) is 2.34. The highest BCUT2D eigenvalue weighted by atomic mass is 79.9. The fourth-order valence-electron chi connectivity index (χ4n) is 1.74. The van der Waals surface area contributed by atoms with E-state index >= 15 is 0 Å². The number of rotatable bonds is 3. The molecule has 0 radical (unpaired) electrons. The second-order valence-corrected chi connectivity index (χ2v) is 5.62. The van der Waals surface area contributed by atoms with Gasteiger partial charge in [0.2, 0.25) is 0 Å². The van der Waals surface area contributed by atoms with Crippen molar-refractivity contribution in [3.63, 3.8) is 0 Å². The standard InChI is InChI=1S/C15H13BrN2OS/c1-9-6-7-10(14(17)20)8-13(9)18-15(19)11-4-2-3-5-12(11)16/h2-8H,1H3,(H2,17,20)(H,18,19). The third-order valence-electron chi connectivity index (χ3n) is 2.89. The monoisotopic (exact) mass is 348 g/mol. The van der Waals surface area contributed by atoms with Gasteiger partial charge in [-0.05, 0) is 46.6 Å². The van der Waals surface area contributed by atoms with Crippen molar-refractivity contribution >= 4 is 44.7 Å². The smallest absolute Gasteiger partial charge is 0.256 e. The Morgan fingerprint density at radius 2 is 1.95 bits per heavy atom. The fraction of sp³-hybridized carbons (Fsp3) is 0.0667. The van der Waals surface area contributed by atoms with E-state index < -0.39 is 0 Å². The summed E-state index contributed by atoms with van der Waals surface area (Å²) in [7, 11) is 0. The Balaban J connectivity index is 2.30. The molecule has 0 fully saturated rings. The van der Waals surface area contributed by atoms with Gasteiger partial charge in [-0.1, -0.05) is 36.5 Å². The Hall–Kier alpha value is -1.72. The van der Waals surface area contributed by atoms with Crippen LogP contribution in [-0.2, 0) is 0 Å². The molecule has 0 aliphatic heterocycles. The Labute approximate surface area is 131 Å². The normalized spacial score (nSPS) is 10.1. The van der Waals surface area contributed by atoms with Gasteiger partial charge in [0.25, 0.3) is 5.91 Å². The summed E-state index contributed by atoms with van der Waals surface area (Å²) in [4.78, 5) is 12.6. The lowest BCUT2D eigenvalue weighted by Crippen LogP contribution is -2.15. The second-order valence-electron chi connectivity index (χ2n) is 4.33. The predicted molar refractivity (Wildman–Crippen MR) is 89.2 cm³/mol. The summed E-state index contributed by atoms with van der Waals surface area (Å²) in [5, 5.41) is 2.88. The average Bonchev–Trinajstić information content (AvgIpc) is 2.41. The molecule has 0 aliphatic rings. The SMILES string of the molecule is Cc1ccc(C(N)=S)cc1NC(=O)c1ccccc1Br. The van der Waals surface area contributed by atoms with Gasteiger partial charge in [-0.3, -0.25) is 4.79 Å². The molecule has 0 aromatic heterocycles. The lowest BCUT2D eigenvalue weighted by atomic mass is 10.1. The van der Waals surface area contributed by atoms with E-state index in [1.54, 1.807) is 12.1 Å². The molecule has 0 saturated heterocycles. The number of hydrogen-bond donors (Lipinski definition) is 2. The van der Waals surface area contributed by atoms with Crippen LogP contribution in [0.4, 0.5) is 5.69 Å². The number of hydrogen-bond acceptors (Lipinski definition) is 2. The van der Waals surface area contributed by atoms with Crippen LogP contribution in [0.3, 0.4) is 0 Å². The zero-order valence-corrected chi connectivity index (χ0v) is 13.2. The van der Waals surface area contributed by atoms with E-state index in [1.807, 2.05) is 37.3 Å². The number of carbonyl (C=O) groups is 1. The van der Waals surface area contributed by atoms with E-state index in [4.69, 9.17) is 18.0 Å². The minimum absolute atomic E-state index is 0.180. The number of aryl methyl sites for hydroxylation is 1. The molecular weight excluding hydrogens is 336 g/mol. The van der Waals surface area contributed by atoms with Crippen LogP contribution in [0.2, 0.25) is 0 Å². The van der Waals surface area contributed by atoms with E-state index in [2.05, 4.69) is 21.2 Å². The van der Waals surface area contributed by atoms with Crippen molar-refractivity contribution in [3.8, 4) is 0 Å². The number of anilines is 1. The molecular formula is C15H13BrN2OS. The summed E-state index contributed by atoms with van der Waals surface area (Å²) in [5.41, 5.74) is 8.57. The molecule has 5 heteroatoms. The van der Waals surface area contributed by atoms with Gasteiger partial charge in [-0.2, -0.15) is 0 Å². The van der Waals surface area contributed by atoms with Gasteiger partial charge >= 0.3 is 0 Å². The molecule has 2 aromatic carbocycles. The van der Waals surface area contributed by atoms with E-state index in [1.165, 1.54) is 0 Å². The first-order valence-corrected chi connectivity index (χ1v) is 7.15. The molecule has 2 aromatic rings. The van der Waals surface area contributed by atoms with Crippen LogP contribution in [0.5, 0.6) is 0 Å². The van der Waals surface area contributed by atoms with Crippen LogP contribution in [0.1, 0.15) is 21.5 Å². The highest BCUT2D eigenvalue weighted by Gasteiger charge is 2.11. The first kappa shape index (κ1) is 14.7. The first-order chi connectivity index (χ1) is 9.49. The Morgan fingerprint density at radius 1 is 1.25 bits per heavy atom. The molecule has 2 rings (SSSR count). The number of amides is 1. The summed E-state index contributed by atoms with van der Waals surface area (Å²) in [5.74, 6) is -0.180. The van der Waals surface area contributed by atoms with Gasteiger partial charge < -0.3 is 11.1 Å². The van der Waals surface area contributed by atoms with Crippen LogP contribution in [0.15, 0.2) is 46.9 Å². The molecule has 0 unspecified atom stereocenters. The van der Waals surface area contributed by atoms with Gasteiger partial charge in [0.15, 0.2) is 0 Å². The van der Waals surface area contributed by atoms with Crippen LogP contribution in [-0.4, -0.2) is 10.9 Å². The topological polar surface area (TPSA) is 55.1 Å². The molecule has 3 nitrogen and oxygen atoms in total. The van der Waals surface area contributed by atoms with Gasteiger partial charge in [0.05, 0.1) is 5.56 Å². The molecule has 3 N–H and O–H groups in total. The zero-order valence-electron chi connectivity index (χ0n) is 10.8. The van der Waals surface area contributed by atoms with E-state index in [0.717, 1.165) is 15.6 Å². The number of halogens is 1. The molecule has 0 saturated carbocycles. The number of nitrogens with one attached hydrogen (secondary N) is 1. The van der Waals surface area contributed by atoms with E-state index in [9.17, 15) is 4.79 Å². The van der Waals surface area contributed by atoms with Crippen LogP contribution >= 0.6 is 28.1 Å².